The molecule has 0 saturated heterocycles. The second-order valence-electron chi connectivity index (χ2n) is 5.50. The molecule has 2 aromatic rings. The molecule has 3 N–H and O–H groups in total. The van der Waals surface area contributed by atoms with E-state index in [9.17, 15) is 13.2 Å². The molecule has 0 aliphatic carbocycles. The van der Waals surface area contributed by atoms with E-state index in [1.165, 1.54) is 18.2 Å². The predicted octanol–water partition coefficient (Wildman–Crippen LogP) is 4.41. The first-order valence-electron chi connectivity index (χ1n) is 7.99. The predicted molar refractivity (Wildman–Crippen MR) is 112 cm³/mol. The van der Waals surface area contributed by atoms with E-state index in [1.54, 1.807) is 44.4 Å². The highest BCUT2D eigenvalue weighted by Gasteiger charge is 2.32. The Morgan fingerprint density at radius 2 is 1.82 bits per heavy atom. The number of guanidine groups is 1. The Morgan fingerprint density at radius 3 is 2.50 bits per heavy atom. The number of anilines is 1. The number of aliphatic imine (C=N–C) groups is 1. The maximum Gasteiger partial charge on any atom is 0.573 e. The van der Waals surface area contributed by atoms with Crippen LogP contribution in [0.2, 0.25) is 0 Å². The molecular weight excluding hydrogens is 490 g/mol. The first kappa shape index (κ1) is 23.7. The van der Waals surface area contributed by atoms with Crippen LogP contribution in [0.5, 0.6) is 17.2 Å². The lowest BCUT2D eigenvalue weighted by molar-refractivity contribution is -0.274. The normalized spacial score (nSPS) is 12.5. The van der Waals surface area contributed by atoms with Crippen LogP contribution in [0.4, 0.5) is 18.9 Å². The minimum absolute atomic E-state index is 0. The number of ether oxygens (including phenoxy) is 3. The lowest BCUT2D eigenvalue weighted by Gasteiger charge is -2.15. The molecular formula is C18H21F3IN3O3. The molecule has 0 aliphatic heterocycles. The van der Waals surface area contributed by atoms with E-state index in [0.29, 0.717) is 11.5 Å². The third-order valence-corrected chi connectivity index (χ3v) is 3.27. The minimum atomic E-state index is -4.80. The molecule has 0 aromatic heterocycles. The molecule has 1 atom stereocenters. The summed E-state index contributed by atoms with van der Waals surface area (Å²) in [7, 11) is 1.56. The van der Waals surface area contributed by atoms with Gasteiger partial charge in [-0.15, -0.1) is 37.1 Å². The largest absolute Gasteiger partial charge is 0.573 e. The third-order valence-electron chi connectivity index (χ3n) is 3.27. The highest BCUT2D eigenvalue weighted by molar-refractivity contribution is 14.0. The first-order valence-corrected chi connectivity index (χ1v) is 7.99. The van der Waals surface area contributed by atoms with Crippen LogP contribution in [-0.4, -0.2) is 32.1 Å². The molecule has 2 aromatic carbocycles. The van der Waals surface area contributed by atoms with Crippen LogP contribution in [-0.2, 0) is 0 Å². The van der Waals surface area contributed by atoms with Crippen LogP contribution < -0.4 is 25.3 Å². The van der Waals surface area contributed by atoms with Gasteiger partial charge in [0, 0.05) is 6.07 Å². The van der Waals surface area contributed by atoms with Gasteiger partial charge in [0.2, 0.25) is 0 Å². The van der Waals surface area contributed by atoms with E-state index in [-0.39, 0.29) is 48.3 Å². The zero-order valence-electron chi connectivity index (χ0n) is 15.2. The average Bonchev–Trinajstić information content (AvgIpc) is 2.60. The van der Waals surface area contributed by atoms with Crippen LogP contribution in [0.25, 0.3) is 0 Å². The number of rotatable bonds is 7. The lowest BCUT2D eigenvalue weighted by atomic mass is 10.3. The average molecular weight is 511 g/mol. The van der Waals surface area contributed by atoms with Crippen LogP contribution in [0.15, 0.2) is 53.5 Å². The summed E-state index contributed by atoms with van der Waals surface area (Å²) in [5.41, 5.74) is 5.81. The first-order chi connectivity index (χ1) is 12.8. The quantitative estimate of drug-likeness (QED) is 0.328. The summed E-state index contributed by atoms with van der Waals surface area (Å²) >= 11 is 0. The highest BCUT2D eigenvalue weighted by atomic mass is 127. The Bertz CT molecular complexity index is 788. The Balaban J connectivity index is 0.00000392. The summed E-state index contributed by atoms with van der Waals surface area (Å²) < 4.78 is 52.1. The zero-order valence-corrected chi connectivity index (χ0v) is 17.5. The Hall–Kier alpha value is -2.37. The van der Waals surface area contributed by atoms with Gasteiger partial charge in [-0.05, 0) is 31.2 Å². The van der Waals surface area contributed by atoms with Gasteiger partial charge in [-0.1, -0.05) is 18.2 Å². The van der Waals surface area contributed by atoms with Crippen molar-refractivity contribution in [2.45, 2.75) is 19.4 Å². The molecule has 0 radical (unpaired) electrons. The van der Waals surface area contributed by atoms with Gasteiger partial charge in [0.15, 0.2) is 11.7 Å². The van der Waals surface area contributed by atoms with Gasteiger partial charge in [0.1, 0.15) is 17.6 Å². The molecule has 154 valence electrons. The molecule has 0 fully saturated rings. The number of hydrogen-bond donors (Lipinski definition) is 2. The second kappa shape index (κ2) is 10.8. The number of methoxy groups -OCH3 is 1. The molecule has 0 spiro atoms. The van der Waals surface area contributed by atoms with Gasteiger partial charge in [0.25, 0.3) is 0 Å². The van der Waals surface area contributed by atoms with E-state index >= 15 is 0 Å². The highest BCUT2D eigenvalue weighted by Crippen LogP contribution is 2.29. The van der Waals surface area contributed by atoms with Gasteiger partial charge in [-0.2, -0.15) is 0 Å². The fourth-order valence-corrected chi connectivity index (χ4v) is 2.13. The van der Waals surface area contributed by atoms with Crippen LogP contribution in [0.1, 0.15) is 6.92 Å². The number of nitrogens with one attached hydrogen (secondary N) is 1. The maximum absolute atomic E-state index is 12.4. The zero-order chi connectivity index (χ0) is 19.9. The van der Waals surface area contributed by atoms with Crippen molar-refractivity contribution in [3.05, 3.63) is 48.5 Å². The van der Waals surface area contributed by atoms with Crippen LogP contribution in [0.3, 0.4) is 0 Å². The SMILES string of the molecule is COc1cccc(OC(C)CN=C(N)Nc2ccccc2OC(F)(F)F)c1.I. The van der Waals surface area contributed by atoms with Crippen LogP contribution >= 0.6 is 24.0 Å². The van der Waals surface area contributed by atoms with E-state index in [0.717, 1.165) is 0 Å². The van der Waals surface area contributed by atoms with E-state index in [2.05, 4.69) is 15.0 Å². The smallest absolute Gasteiger partial charge is 0.497 e. The van der Waals surface area contributed by atoms with Crippen molar-refractivity contribution in [1.82, 2.24) is 0 Å². The number of alkyl halides is 3. The summed E-state index contributed by atoms with van der Waals surface area (Å²) in [6, 6.07) is 12.6. The number of nitrogens with two attached hydrogens (primary N) is 1. The summed E-state index contributed by atoms with van der Waals surface area (Å²) in [4.78, 5) is 4.09. The molecule has 1 unspecified atom stereocenters. The maximum atomic E-state index is 12.4. The van der Waals surface area contributed by atoms with Crippen molar-refractivity contribution < 1.29 is 27.4 Å². The molecule has 0 amide bonds. The summed E-state index contributed by atoms with van der Waals surface area (Å²) in [5.74, 6) is 0.802. The summed E-state index contributed by atoms with van der Waals surface area (Å²) in [6.45, 7) is 1.98. The standard InChI is InChI=1S/C18H20F3N3O3.HI/c1-12(26-14-7-5-6-13(10-14)25-2)11-23-17(22)24-15-8-3-4-9-16(15)27-18(19,20)21;/h3-10,12H,11H2,1-2H3,(H3,22,23,24);1H. The fourth-order valence-electron chi connectivity index (χ4n) is 2.13. The van der Waals surface area contributed by atoms with Crippen molar-refractivity contribution >= 4 is 35.6 Å². The molecule has 0 bridgehead atoms. The Morgan fingerprint density at radius 1 is 1.14 bits per heavy atom. The van der Waals surface area contributed by atoms with Crippen molar-refractivity contribution in [1.29, 1.82) is 0 Å². The number of nitrogens with zero attached hydrogens (tertiary/aromatic N) is 1. The topological polar surface area (TPSA) is 78.1 Å². The van der Waals surface area contributed by atoms with Gasteiger partial charge in [-0.25, -0.2) is 4.99 Å². The van der Waals surface area contributed by atoms with Gasteiger partial charge < -0.3 is 25.3 Å². The molecule has 0 heterocycles. The van der Waals surface area contributed by atoms with E-state index < -0.39 is 12.1 Å². The number of benzene rings is 2. The van der Waals surface area contributed by atoms with Gasteiger partial charge >= 0.3 is 6.36 Å². The number of hydrogen-bond acceptors (Lipinski definition) is 4. The van der Waals surface area contributed by atoms with Crippen molar-refractivity contribution in [3.63, 3.8) is 0 Å². The van der Waals surface area contributed by atoms with Crippen LogP contribution in [0, 0.1) is 0 Å². The van der Waals surface area contributed by atoms with Crippen molar-refractivity contribution in [2.75, 3.05) is 19.0 Å². The Labute approximate surface area is 177 Å². The second-order valence-corrected chi connectivity index (χ2v) is 5.50. The number of halogens is 4. The molecule has 28 heavy (non-hydrogen) atoms. The Kier molecular flexibility index (Phi) is 9.16. The molecule has 0 saturated carbocycles. The lowest BCUT2D eigenvalue weighted by Crippen LogP contribution is -2.26. The molecule has 10 heteroatoms. The third kappa shape index (κ3) is 8.11. The molecule has 2 rings (SSSR count). The monoisotopic (exact) mass is 511 g/mol. The van der Waals surface area contributed by atoms with Gasteiger partial charge in [0.05, 0.1) is 19.3 Å². The minimum Gasteiger partial charge on any atom is -0.497 e. The molecule has 0 aliphatic rings. The molecule has 6 nitrogen and oxygen atoms in total. The number of para-hydroxylation sites is 2. The summed E-state index contributed by atoms with van der Waals surface area (Å²) in [5, 5.41) is 2.60. The van der Waals surface area contributed by atoms with E-state index in [1.807, 2.05) is 0 Å². The van der Waals surface area contributed by atoms with Gasteiger partial charge in [-0.3, -0.25) is 0 Å². The van der Waals surface area contributed by atoms with Crippen molar-refractivity contribution in [2.24, 2.45) is 10.7 Å². The van der Waals surface area contributed by atoms with Crippen molar-refractivity contribution in [3.8, 4) is 17.2 Å². The van der Waals surface area contributed by atoms with E-state index in [4.69, 9.17) is 15.2 Å². The summed E-state index contributed by atoms with van der Waals surface area (Å²) in [6.07, 6.45) is -5.12. The fraction of sp³-hybridized carbons (Fsp3) is 0.278.